The summed E-state index contributed by atoms with van der Waals surface area (Å²) in [5, 5.41) is 107. The highest BCUT2D eigenvalue weighted by Crippen LogP contribution is 2.71. The predicted molar refractivity (Wildman–Crippen MR) is 159 cm³/mol. The van der Waals surface area contributed by atoms with E-state index in [2.05, 4.69) is 6.92 Å². The molecule has 6 rings (SSSR count). The normalized spacial score (nSPS) is 59.0. The van der Waals surface area contributed by atoms with Gasteiger partial charge in [-0.3, -0.25) is 0 Å². The lowest BCUT2D eigenvalue weighted by molar-refractivity contribution is -0.324. The molecule has 6 fully saturated rings. The first-order valence-corrected chi connectivity index (χ1v) is 17.2. The minimum absolute atomic E-state index is 0.0701. The lowest BCUT2D eigenvalue weighted by Crippen LogP contribution is -2.77. The predicted octanol–water partition coefficient (Wildman–Crippen LogP) is -1.40. The summed E-state index contributed by atoms with van der Waals surface area (Å²) in [5.74, 6) is -1.35. The summed E-state index contributed by atoms with van der Waals surface area (Å²) in [6.45, 7) is 7.62. The van der Waals surface area contributed by atoms with Crippen LogP contribution in [0, 0.1) is 46.3 Å². The Morgan fingerprint density at radius 3 is 2.20 bits per heavy atom. The lowest BCUT2D eigenvalue weighted by atomic mass is 9.41. The molecule has 46 heavy (non-hydrogen) atoms. The van der Waals surface area contributed by atoms with E-state index in [1.165, 1.54) is 0 Å². The van der Waals surface area contributed by atoms with Crippen molar-refractivity contribution in [1.29, 1.82) is 0 Å². The fourth-order valence-electron chi connectivity index (χ4n) is 11.3. The molecule has 15 unspecified atom stereocenters. The van der Waals surface area contributed by atoms with Crippen LogP contribution >= 0.6 is 0 Å². The number of rotatable bonds is 7. The van der Waals surface area contributed by atoms with Crippen LogP contribution in [0.5, 0.6) is 0 Å². The summed E-state index contributed by atoms with van der Waals surface area (Å²) in [6.07, 6.45) is -9.09. The van der Waals surface area contributed by atoms with Gasteiger partial charge in [0.05, 0.1) is 25.4 Å². The summed E-state index contributed by atoms with van der Waals surface area (Å²) in [6, 6.07) is 0. The molecule has 0 spiro atoms. The summed E-state index contributed by atoms with van der Waals surface area (Å²) < 4.78 is 17.7. The summed E-state index contributed by atoms with van der Waals surface area (Å²) in [7, 11) is 0. The van der Waals surface area contributed by atoms with Crippen LogP contribution in [-0.2, 0) is 14.2 Å². The minimum Gasteiger partial charge on any atom is -0.394 e. The molecule has 0 amide bonds. The summed E-state index contributed by atoms with van der Waals surface area (Å²) in [4.78, 5) is 0. The van der Waals surface area contributed by atoms with Crippen molar-refractivity contribution >= 4 is 0 Å². The highest BCUT2D eigenvalue weighted by Gasteiger charge is 2.74. The van der Waals surface area contributed by atoms with Gasteiger partial charge < -0.3 is 65.3 Å². The molecule has 0 aromatic rings. The molecular weight excluding hydrogens is 604 g/mol. The van der Waals surface area contributed by atoms with Gasteiger partial charge in [-0.1, -0.05) is 27.7 Å². The minimum atomic E-state index is -1.72. The third-order valence-electron chi connectivity index (χ3n) is 14.2. The van der Waals surface area contributed by atoms with Crippen molar-refractivity contribution in [3.8, 4) is 0 Å². The molecule has 0 aromatic carbocycles. The van der Waals surface area contributed by atoms with E-state index in [0.717, 1.165) is 12.8 Å². The second-order valence-electron chi connectivity index (χ2n) is 16.3. The first kappa shape index (κ1) is 35.3. The first-order chi connectivity index (χ1) is 21.5. The molecule has 6 aliphatic rings. The Morgan fingerprint density at radius 2 is 1.52 bits per heavy atom. The fourth-order valence-corrected chi connectivity index (χ4v) is 11.3. The average Bonchev–Trinajstić information content (AvgIpc) is 3.46. The quantitative estimate of drug-likeness (QED) is 0.152. The van der Waals surface area contributed by atoms with Gasteiger partial charge >= 0.3 is 0 Å². The van der Waals surface area contributed by atoms with Crippen molar-refractivity contribution in [1.82, 2.24) is 0 Å². The van der Waals surface area contributed by atoms with E-state index in [-0.39, 0.29) is 60.1 Å². The van der Waals surface area contributed by atoms with Crippen LogP contribution in [0.4, 0.5) is 0 Å². The Hall–Kier alpha value is -0.520. The second-order valence-corrected chi connectivity index (χ2v) is 16.3. The van der Waals surface area contributed by atoms with Crippen molar-refractivity contribution in [2.75, 3.05) is 13.2 Å². The maximum atomic E-state index is 11.8. The maximum absolute atomic E-state index is 11.8. The Labute approximate surface area is 270 Å². The van der Waals surface area contributed by atoms with Gasteiger partial charge in [0.2, 0.25) is 0 Å². The molecule has 2 saturated heterocycles. The van der Waals surface area contributed by atoms with Gasteiger partial charge in [0.15, 0.2) is 12.1 Å². The Kier molecular flexibility index (Phi) is 9.26. The molecule has 13 heteroatoms. The van der Waals surface area contributed by atoms with Gasteiger partial charge in [0.1, 0.15) is 48.3 Å². The van der Waals surface area contributed by atoms with Gasteiger partial charge in [-0.25, -0.2) is 0 Å². The zero-order valence-electron chi connectivity index (χ0n) is 27.3. The highest BCUT2D eigenvalue weighted by atomic mass is 16.7. The molecular formula is C33H56O13. The van der Waals surface area contributed by atoms with Crippen molar-refractivity contribution in [3.63, 3.8) is 0 Å². The number of hydrogen-bond donors (Lipinski definition) is 10. The second kappa shape index (κ2) is 12.1. The third-order valence-corrected chi connectivity index (χ3v) is 14.2. The van der Waals surface area contributed by atoms with Gasteiger partial charge in [-0.15, -0.1) is 0 Å². The molecule has 10 N–H and O–H groups in total. The summed E-state index contributed by atoms with van der Waals surface area (Å²) in [5.41, 5.74) is -3.08. The Balaban J connectivity index is 1.10. The lowest BCUT2D eigenvalue weighted by Gasteiger charge is -2.67. The van der Waals surface area contributed by atoms with Crippen molar-refractivity contribution in [3.05, 3.63) is 0 Å². The van der Waals surface area contributed by atoms with Crippen molar-refractivity contribution in [2.24, 2.45) is 46.3 Å². The maximum Gasteiger partial charge on any atom is 0.186 e. The monoisotopic (exact) mass is 660 g/mol. The number of ether oxygens (including phenoxy) is 3. The van der Waals surface area contributed by atoms with Crippen LogP contribution in [0.25, 0.3) is 0 Å². The zero-order chi connectivity index (χ0) is 33.7. The molecule has 20 atom stereocenters. The molecule has 13 nitrogen and oxygen atoms in total. The van der Waals surface area contributed by atoms with Crippen LogP contribution < -0.4 is 0 Å². The largest absolute Gasteiger partial charge is 0.394 e. The van der Waals surface area contributed by atoms with E-state index in [1.807, 2.05) is 13.8 Å². The van der Waals surface area contributed by atoms with Crippen LogP contribution in [0.15, 0.2) is 0 Å². The van der Waals surface area contributed by atoms with E-state index < -0.39 is 78.5 Å². The Bertz CT molecular complexity index is 1110. The number of hydrogen-bond acceptors (Lipinski definition) is 13. The van der Waals surface area contributed by atoms with Gasteiger partial charge in [-0.2, -0.15) is 0 Å². The SMILES string of the molecule is CC(CCC1(O)OC2CC3C4CCC5(O)C(O)C(O)C(O)C(O)C5(C)C4CCC3(C)C2C1C)CO[C@@H]1O[C@H](CO)[C@@H](O)[C@H](O)[C@H]1O. The smallest absolute Gasteiger partial charge is 0.186 e. The molecule has 0 radical (unpaired) electrons. The number of aliphatic hydroxyl groups is 10. The van der Waals surface area contributed by atoms with E-state index in [1.54, 1.807) is 6.92 Å². The van der Waals surface area contributed by atoms with Gasteiger partial charge in [0, 0.05) is 17.8 Å². The van der Waals surface area contributed by atoms with E-state index >= 15 is 0 Å². The molecule has 2 aliphatic heterocycles. The Morgan fingerprint density at radius 1 is 0.848 bits per heavy atom. The molecule has 4 saturated carbocycles. The zero-order valence-corrected chi connectivity index (χ0v) is 27.3. The molecule has 4 aliphatic carbocycles. The van der Waals surface area contributed by atoms with E-state index in [4.69, 9.17) is 14.2 Å². The van der Waals surface area contributed by atoms with Gasteiger partial charge in [-0.05, 0) is 73.5 Å². The molecule has 2 heterocycles. The average molecular weight is 661 g/mol. The highest BCUT2D eigenvalue weighted by molar-refractivity contribution is 5.22. The van der Waals surface area contributed by atoms with Crippen molar-refractivity contribution in [2.45, 2.75) is 145 Å². The third kappa shape index (κ3) is 4.90. The van der Waals surface area contributed by atoms with Crippen LogP contribution in [0.1, 0.15) is 72.6 Å². The molecule has 266 valence electrons. The number of fused-ring (bicyclic) bond motifs is 7. The molecule has 0 bridgehead atoms. The van der Waals surface area contributed by atoms with Crippen LogP contribution in [-0.4, -0.2) is 137 Å². The first-order valence-electron chi connectivity index (χ1n) is 17.2. The number of aliphatic hydroxyl groups excluding tert-OH is 8. The van der Waals surface area contributed by atoms with E-state index in [0.29, 0.717) is 25.7 Å². The van der Waals surface area contributed by atoms with Crippen LogP contribution in [0.2, 0.25) is 0 Å². The van der Waals surface area contributed by atoms with Crippen LogP contribution in [0.3, 0.4) is 0 Å². The standard InChI is InChI=1S/C33H56O13/c1-14(13-44-29-26(39)23(36)22(35)20(12-34)45-29)5-10-33(43)15(2)21-19(46-33)11-18-16-6-9-32(42)28(41)25(38)24(37)27(40)31(32,4)17(16)7-8-30(18,21)3/h14-29,34-43H,5-13H2,1-4H3/t14?,15?,16?,17?,18?,19?,20-,21?,22-,23+,24?,25?,26-,27?,28?,29-,30?,31?,32?,33?/m1/s1. The van der Waals surface area contributed by atoms with Gasteiger partial charge in [0.25, 0.3) is 0 Å². The topological polar surface area (TPSA) is 230 Å². The fraction of sp³-hybridized carbons (Fsp3) is 1.00. The molecule has 0 aromatic heterocycles. The summed E-state index contributed by atoms with van der Waals surface area (Å²) >= 11 is 0. The van der Waals surface area contributed by atoms with Crippen molar-refractivity contribution < 1.29 is 65.3 Å². The van der Waals surface area contributed by atoms with E-state index in [9.17, 15) is 51.1 Å².